The molecule has 0 saturated carbocycles. The summed E-state index contributed by atoms with van der Waals surface area (Å²) in [6, 6.07) is 3.94. The van der Waals surface area contributed by atoms with E-state index in [4.69, 9.17) is 14.6 Å². The van der Waals surface area contributed by atoms with E-state index in [1.807, 2.05) is 0 Å². The summed E-state index contributed by atoms with van der Waals surface area (Å²) >= 11 is 0. The summed E-state index contributed by atoms with van der Waals surface area (Å²) < 4.78 is 23.9. The van der Waals surface area contributed by atoms with Gasteiger partial charge in [-0.25, -0.2) is 9.18 Å². The zero-order chi connectivity index (χ0) is 14.3. The largest absolute Gasteiger partial charge is 0.490 e. The molecular weight excluding hydrogens is 251 g/mol. The van der Waals surface area contributed by atoms with Gasteiger partial charge in [-0.3, -0.25) is 0 Å². The fourth-order valence-electron chi connectivity index (χ4n) is 1.46. The number of carboxylic acids is 1. The molecule has 1 aromatic rings. The van der Waals surface area contributed by atoms with Crippen molar-refractivity contribution in [2.24, 2.45) is 5.92 Å². The van der Waals surface area contributed by atoms with Crippen LogP contribution in [0.15, 0.2) is 18.2 Å². The smallest absolute Gasteiger partial charge is 0.342 e. The highest BCUT2D eigenvalue weighted by Crippen LogP contribution is 2.21. The van der Waals surface area contributed by atoms with Crippen molar-refractivity contribution in [2.45, 2.75) is 20.3 Å². The SMILES string of the molecule is CC(C)CCOCCOc1cccc(F)c1C(=O)O. The minimum absolute atomic E-state index is 0.0277. The first-order valence-electron chi connectivity index (χ1n) is 6.24. The first kappa shape index (κ1) is 15.4. The zero-order valence-corrected chi connectivity index (χ0v) is 11.2. The molecule has 1 N–H and O–H groups in total. The molecule has 4 nitrogen and oxygen atoms in total. The quantitative estimate of drug-likeness (QED) is 0.738. The molecule has 106 valence electrons. The van der Waals surface area contributed by atoms with E-state index in [2.05, 4.69) is 13.8 Å². The summed E-state index contributed by atoms with van der Waals surface area (Å²) in [7, 11) is 0. The summed E-state index contributed by atoms with van der Waals surface area (Å²) in [4.78, 5) is 10.9. The second-order valence-electron chi connectivity index (χ2n) is 4.56. The van der Waals surface area contributed by atoms with Crippen molar-refractivity contribution in [1.82, 2.24) is 0 Å². The Hall–Kier alpha value is -1.62. The van der Waals surface area contributed by atoms with E-state index in [1.165, 1.54) is 12.1 Å². The van der Waals surface area contributed by atoms with Crippen LogP contribution in [0.25, 0.3) is 0 Å². The van der Waals surface area contributed by atoms with Crippen molar-refractivity contribution >= 4 is 5.97 Å². The molecule has 0 aliphatic heterocycles. The summed E-state index contributed by atoms with van der Waals surface area (Å²) in [6.45, 7) is 5.39. The molecule has 0 atom stereocenters. The van der Waals surface area contributed by atoms with E-state index in [0.717, 1.165) is 12.5 Å². The molecular formula is C14H19FO4. The maximum Gasteiger partial charge on any atom is 0.342 e. The van der Waals surface area contributed by atoms with E-state index in [0.29, 0.717) is 19.1 Å². The van der Waals surface area contributed by atoms with E-state index in [-0.39, 0.29) is 12.4 Å². The summed E-state index contributed by atoms with van der Waals surface area (Å²) in [5, 5.41) is 8.90. The first-order chi connectivity index (χ1) is 9.02. The lowest BCUT2D eigenvalue weighted by Gasteiger charge is -2.10. The van der Waals surface area contributed by atoms with Gasteiger partial charge in [0, 0.05) is 6.61 Å². The van der Waals surface area contributed by atoms with Gasteiger partial charge in [0.15, 0.2) is 0 Å². The van der Waals surface area contributed by atoms with Gasteiger partial charge in [-0.05, 0) is 24.5 Å². The van der Waals surface area contributed by atoms with Crippen LogP contribution in [0.2, 0.25) is 0 Å². The maximum atomic E-state index is 13.3. The van der Waals surface area contributed by atoms with Crippen LogP contribution in [0.1, 0.15) is 30.6 Å². The lowest BCUT2D eigenvalue weighted by molar-refractivity contribution is 0.0677. The standard InChI is InChI=1S/C14H19FO4/c1-10(2)6-7-18-8-9-19-12-5-3-4-11(15)13(12)14(16)17/h3-5,10H,6-9H2,1-2H3,(H,16,17). The second-order valence-corrected chi connectivity index (χ2v) is 4.56. The number of benzene rings is 1. The molecule has 0 bridgehead atoms. The Morgan fingerprint density at radius 2 is 2.05 bits per heavy atom. The third kappa shape index (κ3) is 5.26. The Kier molecular flexibility index (Phi) is 6.29. The molecule has 0 aliphatic carbocycles. The number of aromatic carboxylic acids is 1. The number of carboxylic acid groups (broad SMARTS) is 1. The normalized spacial score (nSPS) is 10.7. The van der Waals surface area contributed by atoms with E-state index in [1.54, 1.807) is 0 Å². The minimum atomic E-state index is -1.34. The molecule has 0 aromatic heterocycles. The molecule has 0 heterocycles. The predicted molar refractivity (Wildman–Crippen MR) is 69.1 cm³/mol. The molecule has 0 amide bonds. The van der Waals surface area contributed by atoms with Crippen LogP contribution in [-0.2, 0) is 4.74 Å². The van der Waals surface area contributed by atoms with Crippen molar-refractivity contribution in [3.05, 3.63) is 29.6 Å². The molecule has 5 heteroatoms. The lowest BCUT2D eigenvalue weighted by atomic mass is 10.1. The van der Waals surface area contributed by atoms with Gasteiger partial charge >= 0.3 is 5.97 Å². The fourth-order valence-corrected chi connectivity index (χ4v) is 1.46. The van der Waals surface area contributed by atoms with Crippen LogP contribution in [0.5, 0.6) is 5.75 Å². The number of ether oxygens (including phenoxy) is 2. The third-order valence-corrected chi connectivity index (χ3v) is 2.51. The minimum Gasteiger partial charge on any atom is -0.490 e. The Labute approximate surface area is 112 Å². The summed E-state index contributed by atoms with van der Waals surface area (Å²) in [6.07, 6.45) is 0.959. The van der Waals surface area contributed by atoms with Gasteiger partial charge in [-0.1, -0.05) is 19.9 Å². The molecule has 1 rings (SSSR count). The Bertz CT molecular complexity index is 418. The van der Waals surface area contributed by atoms with Crippen molar-refractivity contribution in [2.75, 3.05) is 19.8 Å². The second kappa shape index (κ2) is 7.74. The van der Waals surface area contributed by atoms with Gasteiger partial charge in [-0.15, -0.1) is 0 Å². The average Bonchev–Trinajstić information content (AvgIpc) is 2.32. The van der Waals surface area contributed by atoms with Crippen LogP contribution >= 0.6 is 0 Å². The van der Waals surface area contributed by atoms with E-state index < -0.39 is 17.3 Å². The molecule has 0 aliphatic rings. The van der Waals surface area contributed by atoms with Crippen LogP contribution in [0, 0.1) is 11.7 Å². The zero-order valence-electron chi connectivity index (χ0n) is 11.2. The highest BCUT2D eigenvalue weighted by Gasteiger charge is 2.16. The molecule has 0 spiro atoms. The van der Waals surface area contributed by atoms with Gasteiger partial charge in [0.25, 0.3) is 0 Å². The van der Waals surface area contributed by atoms with Crippen molar-refractivity contribution < 1.29 is 23.8 Å². The molecule has 0 unspecified atom stereocenters. The van der Waals surface area contributed by atoms with Gasteiger partial charge in [0.05, 0.1) is 6.61 Å². The third-order valence-electron chi connectivity index (χ3n) is 2.51. The molecule has 19 heavy (non-hydrogen) atoms. The average molecular weight is 270 g/mol. The van der Waals surface area contributed by atoms with Crippen LogP contribution < -0.4 is 4.74 Å². The van der Waals surface area contributed by atoms with Gasteiger partial charge in [-0.2, -0.15) is 0 Å². The highest BCUT2D eigenvalue weighted by molar-refractivity contribution is 5.91. The Balaban J connectivity index is 2.41. The van der Waals surface area contributed by atoms with Crippen LogP contribution in [0.4, 0.5) is 4.39 Å². The monoisotopic (exact) mass is 270 g/mol. The van der Waals surface area contributed by atoms with E-state index in [9.17, 15) is 9.18 Å². The van der Waals surface area contributed by atoms with E-state index >= 15 is 0 Å². The van der Waals surface area contributed by atoms with Crippen LogP contribution in [-0.4, -0.2) is 30.9 Å². The molecule has 0 fully saturated rings. The topological polar surface area (TPSA) is 55.8 Å². The first-order valence-corrected chi connectivity index (χ1v) is 6.24. The number of hydrogen-bond acceptors (Lipinski definition) is 3. The van der Waals surface area contributed by atoms with Gasteiger partial charge in [0.1, 0.15) is 23.7 Å². The van der Waals surface area contributed by atoms with Gasteiger partial charge < -0.3 is 14.6 Å². The number of rotatable bonds is 8. The van der Waals surface area contributed by atoms with Crippen molar-refractivity contribution in [3.63, 3.8) is 0 Å². The molecule has 0 radical (unpaired) electrons. The van der Waals surface area contributed by atoms with Gasteiger partial charge in [0.2, 0.25) is 0 Å². The van der Waals surface area contributed by atoms with Crippen molar-refractivity contribution in [1.29, 1.82) is 0 Å². The Morgan fingerprint density at radius 3 is 2.68 bits per heavy atom. The lowest BCUT2D eigenvalue weighted by Crippen LogP contribution is -2.11. The number of hydrogen-bond donors (Lipinski definition) is 1. The fraction of sp³-hybridized carbons (Fsp3) is 0.500. The predicted octanol–water partition coefficient (Wildman–Crippen LogP) is 2.97. The Morgan fingerprint density at radius 1 is 1.32 bits per heavy atom. The number of halogens is 1. The molecule has 0 saturated heterocycles. The summed E-state index contributed by atoms with van der Waals surface area (Å²) in [5.41, 5.74) is -0.440. The van der Waals surface area contributed by atoms with Crippen LogP contribution in [0.3, 0.4) is 0 Å². The van der Waals surface area contributed by atoms with Crippen molar-refractivity contribution in [3.8, 4) is 5.75 Å². The molecule has 1 aromatic carbocycles. The maximum absolute atomic E-state index is 13.3. The highest BCUT2D eigenvalue weighted by atomic mass is 19.1. The summed E-state index contributed by atoms with van der Waals surface area (Å²) in [5.74, 6) is -1.54. The number of carbonyl (C=O) groups is 1.